The van der Waals surface area contributed by atoms with E-state index < -0.39 is 0 Å². The van der Waals surface area contributed by atoms with Gasteiger partial charge in [-0.1, -0.05) is 12.8 Å². The number of benzene rings is 1. The topological polar surface area (TPSA) is 63.2 Å². The number of carbonyl (C=O) groups is 1. The van der Waals surface area contributed by atoms with Gasteiger partial charge in [0.25, 0.3) is 5.91 Å². The average Bonchev–Trinajstić information content (AvgIpc) is 3.09. The minimum absolute atomic E-state index is 0.169. The summed E-state index contributed by atoms with van der Waals surface area (Å²) in [7, 11) is 1.61. The number of hydrogen-bond donors (Lipinski definition) is 2. The maximum Gasteiger partial charge on any atom is 0.257 e. The van der Waals surface area contributed by atoms with Crippen molar-refractivity contribution in [3.05, 3.63) is 48.3 Å². The molecule has 2 aromatic rings. The number of rotatable bonds is 5. The lowest BCUT2D eigenvalue weighted by Crippen LogP contribution is -2.16. The third-order valence-corrected chi connectivity index (χ3v) is 4.07. The summed E-state index contributed by atoms with van der Waals surface area (Å²) >= 11 is 0. The molecule has 1 aromatic carbocycles. The highest BCUT2D eigenvalue weighted by Crippen LogP contribution is 2.22. The van der Waals surface area contributed by atoms with Crippen molar-refractivity contribution in [2.45, 2.75) is 31.7 Å². The van der Waals surface area contributed by atoms with E-state index in [1.54, 1.807) is 19.5 Å². The van der Waals surface area contributed by atoms with Crippen molar-refractivity contribution in [2.75, 3.05) is 17.7 Å². The molecule has 0 aliphatic heterocycles. The number of carbonyl (C=O) groups excluding carboxylic acids is 1. The van der Waals surface area contributed by atoms with Gasteiger partial charge in [0.05, 0.1) is 18.4 Å². The normalized spacial score (nSPS) is 14.5. The van der Waals surface area contributed by atoms with Crippen LogP contribution in [0.1, 0.15) is 36.0 Å². The summed E-state index contributed by atoms with van der Waals surface area (Å²) in [6.45, 7) is 0. The number of nitrogens with zero attached hydrogens (tertiary/aromatic N) is 1. The predicted octanol–water partition coefficient (Wildman–Crippen LogP) is 3.70. The standard InChI is InChI=1S/C18H21N3O2/c1-23-17-8-6-15(7-9-17)21-18(22)13-10-16(12-19-11-13)20-14-4-2-3-5-14/h6-12,14,20H,2-5H2,1H3,(H,21,22). The van der Waals surface area contributed by atoms with Crippen LogP contribution in [-0.4, -0.2) is 24.0 Å². The van der Waals surface area contributed by atoms with Crippen LogP contribution in [0.5, 0.6) is 5.75 Å². The first kappa shape index (κ1) is 15.3. The van der Waals surface area contributed by atoms with Gasteiger partial charge in [-0.25, -0.2) is 0 Å². The highest BCUT2D eigenvalue weighted by Gasteiger charge is 2.15. The molecule has 1 aliphatic carbocycles. The Labute approximate surface area is 136 Å². The second kappa shape index (κ2) is 7.13. The van der Waals surface area contributed by atoms with Gasteiger partial charge in [-0.2, -0.15) is 0 Å². The highest BCUT2D eigenvalue weighted by atomic mass is 16.5. The fourth-order valence-corrected chi connectivity index (χ4v) is 2.83. The summed E-state index contributed by atoms with van der Waals surface area (Å²) in [4.78, 5) is 16.5. The molecule has 120 valence electrons. The molecule has 1 fully saturated rings. The number of amides is 1. The van der Waals surface area contributed by atoms with Gasteiger partial charge in [-0.05, 0) is 43.2 Å². The molecule has 0 saturated heterocycles. The molecule has 0 unspecified atom stereocenters. The van der Waals surface area contributed by atoms with E-state index >= 15 is 0 Å². The Bertz CT molecular complexity index is 664. The van der Waals surface area contributed by atoms with Gasteiger partial charge < -0.3 is 15.4 Å². The first-order valence-corrected chi connectivity index (χ1v) is 7.91. The quantitative estimate of drug-likeness (QED) is 0.884. The lowest BCUT2D eigenvalue weighted by atomic mass is 10.2. The molecule has 0 radical (unpaired) electrons. The van der Waals surface area contributed by atoms with Crippen molar-refractivity contribution in [1.82, 2.24) is 4.98 Å². The molecule has 1 aromatic heterocycles. The Morgan fingerprint density at radius 2 is 1.87 bits per heavy atom. The van der Waals surface area contributed by atoms with Crippen molar-refractivity contribution in [2.24, 2.45) is 0 Å². The van der Waals surface area contributed by atoms with Crippen LogP contribution in [0.15, 0.2) is 42.7 Å². The van der Waals surface area contributed by atoms with Crippen LogP contribution in [0.3, 0.4) is 0 Å². The van der Waals surface area contributed by atoms with Gasteiger partial charge in [0, 0.05) is 24.1 Å². The van der Waals surface area contributed by atoms with E-state index in [0.29, 0.717) is 11.6 Å². The molecule has 1 amide bonds. The number of methoxy groups -OCH3 is 1. The molecular weight excluding hydrogens is 290 g/mol. The summed E-state index contributed by atoms with van der Waals surface area (Å²) in [5, 5.41) is 6.32. The Hall–Kier alpha value is -2.56. The lowest BCUT2D eigenvalue weighted by molar-refractivity contribution is 0.102. The number of anilines is 2. The molecular formula is C18H21N3O2. The predicted molar refractivity (Wildman–Crippen MR) is 91.1 cm³/mol. The lowest BCUT2D eigenvalue weighted by Gasteiger charge is -2.14. The van der Waals surface area contributed by atoms with Gasteiger partial charge in [0.1, 0.15) is 5.75 Å². The Morgan fingerprint density at radius 1 is 1.13 bits per heavy atom. The van der Waals surface area contributed by atoms with Crippen LogP contribution in [0, 0.1) is 0 Å². The zero-order valence-electron chi connectivity index (χ0n) is 13.2. The van der Waals surface area contributed by atoms with E-state index in [-0.39, 0.29) is 5.91 Å². The average molecular weight is 311 g/mol. The largest absolute Gasteiger partial charge is 0.497 e. The Morgan fingerprint density at radius 3 is 2.57 bits per heavy atom. The van der Waals surface area contributed by atoms with Crippen LogP contribution in [0.25, 0.3) is 0 Å². The summed E-state index contributed by atoms with van der Waals surface area (Å²) in [6, 6.07) is 9.59. The summed E-state index contributed by atoms with van der Waals surface area (Å²) < 4.78 is 5.11. The Kier molecular flexibility index (Phi) is 4.76. The van der Waals surface area contributed by atoms with Crippen LogP contribution in [0.2, 0.25) is 0 Å². The molecule has 3 rings (SSSR count). The number of nitrogens with one attached hydrogen (secondary N) is 2. The van der Waals surface area contributed by atoms with E-state index in [2.05, 4.69) is 15.6 Å². The first-order chi connectivity index (χ1) is 11.2. The van der Waals surface area contributed by atoms with E-state index in [1.165, 1.54) is 25.7 Å². The van der Waals surface area contributed by atoms with Crippen molar-refractivity contribution >= 4 is 17.3 Å². The van der Waals surface area contributed by atoms with Gasteiger partial charge in [-0.15, -0.1) is 0 Å². The molecule has 0 spiro atoms. The minimum Gasteiger partial charge on any atom is -0.497 e. The molecule has 1 aliphatic rings. The summed E-state index contributed by atoms with van der Waals surface area (Å²) in [6.07, 6.45) is 8.25. The first-order valence-electron chi connectivity index (χ1n) is 7.91. The van der Waals surface area contributed by atoms with Crippen molar-refractivity contribution in [3.8, 4) is 5.75 Å². The van der Waals surface area contributed by atoms with Gasteiger partial charge in [-0.3, -0.25) is 9.78 Å². The molecule has 2 N–H and O–H groups in total. The second-order valence-corrected chi connectivity index (χ2v) is 5.77. The zero-order chi connectivity index (χ0) is 16.1. The molecule has 23 heavy (non-hydrogen) atoms. The molecule has 1 heterocycles. The summed E-state index contributed by atoms with van der Waals surface area (Å²) in [5.41, 5.74) is 2.17. The molecule has 5 nitrogen and oxygen atoms in total. The zero-order valence-corrected chi connectivity index (χ0v) is 13.2. The van der Waals surface area contributed by atoms with Crippen molar-refractivity contribution in [1.29, 1.82) is 0 Å². The van der Waals surface area contributed by atoms with Crippen LogP contribution in [0.4, 0.5) is 11.4 Å². The van der Waals surface area contributed by atoms with Gasteiger partial charge in [0.15, 0.2) is 0 Å². The fourth-order valence-electron chi connectivity index (χ4n) is 2.83. The third-order valence-electron chi connectivity index (χ3n) is 4.07. The fraction of sp³-hybridized carbons (Fsp3) is 0.333. The summed E-state index contributed by atoms with van der Waals surface area (Å²) in [5.74, 6) is 0.588. The van der Waals surface area contributed by atoms with Gasteiger partial charge in [0.2, 0.25) is 0 Å². The van der Waals surface area contributed by atoms with Crippen molar-refractivity contribution in [3.63, 3.8) is 0 Å². The molecule has 5 heteroatoms. The second-order valence-electron chi connectivity index (χ2n) is 5.77. The van der Waals surface area contributed by atoms with Crippen LogP contribution in [-0.2, 0) is 0 Å². The van der Waals surface area contributed by atoms with E-state index in [0.717, 1.165) is 17.1 Å². The maximum absolute atomic E-state index is 12.3. The Balaban J connectivity index is 1.66. The number of pyridine rings is 1. The molecule has 1 saturated carbocycles. The van der Waals surface area contributed by atoms with E-state index in [4.69, 9.17) is 4.74 Å². The molecule has 0 atom stereocenters. The van der Waals surface area contributed by atoms with Crippen LogP contribution >= 0.6 is 0 Å². The van der Waals surface area contributed by atoms with Crippen LogP contribution < -0.4 is 15.4 Å². The molecule has 0 bridgehead atoms. The van der Waals surface area contributed by atoms with Gasteiger partial charge >= 0.3 is 0 Å². The van der Waals surface area contributed by atoms with Crippen molar-refractivity contribution < 1.29 is 9.53 Å². The third kappa shape index (κ3) is 4.00. The van der Waals surface area contributed by atoms with E-state index in [1.807, 2.05) is 30.3 Å². The monoisotopic (exact) mass is 311 g/mol. The highest BCUT2D eigenvalue weighted by molar-refractivity contribution is 6.04. The number of aromatic nitrogens is 1. The smallest absolute Gasteiger partial charge is 0.257 e. The number of hydrogen-bond acceptors (Lipinski definition) is 4. The number of ether oxygens (including phenoxy) is 1. The minimum atomic E-state index is -0.169. The SMILES string of the molecule is COc1ccc(NC(=O)c2cncc(NC3CCCC3)c2)cc1. The maximum atomic E-state index is 12.3. The van der Waals surface area contributed by atoms with E-state index in [9.17, 15) is 4.79 Å².